The Morgan fingerprint density at radius 1 is 1.11 bits per heavy atom. The largest absolute Gasteiger partial charge is 0.415 e. The average molecular weight is 289 g/mol. The van der Waals surface area contributed by atoms with E-state index < -0.39 is 17.1 Å². The number of hydrogen-bond donors (Lipinski definition) is 0. The summed E-state index contributed by atoms with van der Waals surface area (Å²) in [5, 5.41) is 0.217. The molecule has 0 fully saturated rings. The predicted octanol–water partition coefficient (Wildman–Crippen LogP) is 5.37. The Morgan fingerprint density at radius 2 is 1.61 bits per heavy atom. The van der Waals surface area contributed by atoms with E-state index in [1.165, 1.54) is 31.4 Å². The molecule has 0 aliphatic heterocycles. The van der Waals surface area contributed by atoms with Crippen LogP contribution in [0.2, 0.25) is 30.7 Å². The fourth-order valence-electron chi connectivity index (χ4n) is 3.08. The molecule has 18 heavy (non-hydrogen) atoms. The van der Waals surface area contributed by atoms with Gasteiger partial charge in [0.15, 0.2) is 8.32 Å². The van der Waals surface area contributed by atoms with E-state index >= 15 is 0 Å². The second-order valence-electron chi connectivity index (χ2n) is 6.26. The zero-order chi connectivity index (χ0) is 14.4. The topological polar surface area (TPSA) is 9.23 Å². The van der Waals surface area contributed by atoms with Crippen molar-refractivity contribution in [3.8, 4) is 0 Å². The molecule has 0 saturated heterocycles. The SMILES string of the molecule is CCC(CC)[Si](C)(CC)O[C@](C)(CC)[SiH](C)CC. The Bertz CT molecular complexity index is 231. The van der Waals surface area contributed by atoms with Crippen molar-refractivity contribution < 1.29 is 4.43 Å². The van der Waals surface area contributed by atoms with Gasteiger partial charge in [-0.3, -0.25) is 0 Å². The van der Waals surface area contributed by atoms with Gasteiger partial charge in [-0.15, -0.1) is 0 Å². The minimum atomic E-state index is -1.55. The van der Waals surface area contributed by atoms with Gasteiger partial charge in [-0.05, 0) is 31.5 Å². The lowest BCUT2D eigenvalue weighted by molar-refractivity contribution is 0.145. The van der Waals surface area contributed by atoms with Gasteiger partial charge in [-0.1, -0.05) is 60.1 Å². The third-order valence-electron chi connectivity index (χ3n) is 5.37. The first-order chi connectivity index (χ1) is 8.33. The Balaban J connectivity index is 5.08. The fraction of sp³-hybridized carbons (Fsp3) is 1.00. The monoisotopic (exact) mass is 288 g/mol. The van der Waals surface area contributed by atoms with Crippen molar-refractivity contribution in [2.45, 2.75) is 96.8 Å². The van der Waals surface area contributed by atoms with Gasteiger partial charge in [0.2, 0.25) is 0 Å². The molecule has 0 rings (SSSR count). The van der Waals surface area contributed by atoms with E-state index in [0.29, 0.717) is 0 Å². The maximum Gasteiger partial charge on any atom is 0.192 e. The van der Waals surface area contributed by atoms with Crippen LogP contribution in [0.1, 0.15) is 60.8 Å². The Kier molecular flexibility index (Phi) is 8.03. The van der Waals surface area contributed by atoms with Crippen molar-refractivity contribution in [3.63, 3.8) is 0 Å². The third kappa shape index (κ3) is 4.21. The lowest BCUT2D eigenvalue weighted by Gasteiger charge is -2.45. The van der Waals surface area contributed by atoms with Crippen molar-refractivity contribution in [2.24, 2.45) is 0 Å². The summed E-state index contributed by atoms with van der Waals surface area (Å²) in [5.41, 5.74) is 0.825. The van der Waals surface area contributed by atoms with E-state index in [1.54, 1.807) is 0 Å². The molecular weight excluding hydrogens is 252 g/mol. The zero-order valence-electron chi connectivity index (χ0n) is 14.1. The summed E-state index contributed by atoms with van der Waals surface area (Å²) in [4.78, 5) is 0. The van der Waals surface area contributed by atoms with Gasteiger partial charge in [0.05, 0.1) is 8.80 Å². The maximum atomic E-state index is 6.92. The Hall–Kier alpha value is 0.394. The molecule has 2 unspecified atom stereocenters. The minimum Gasteiger partial charge on any atom is -0.415 e. The van der Waals surface area contributed by atoms with Crippen molar-refractivity contribution in [1.29, 1.82) is 0 Å². The normalized spacial score (nSPS) is 20.5. The molecular formula is C15H36OSi2. The van der Waals surface area contributed by atoms with Crippen LogP contribution in [0.25, 0.3) is 0 Å². The van der Waals surface area contributed by atoms with Crippen LogP contribution < -0.4 is 0 Å². The highest BCUT2D eigenvalue weighted by atomic mass is 28.4. The van der Waals surface area contributed by atoms with Crippen LogP contribution in [0.3, 0.4) is 0 Å². The highest BCUT2D eigenvalue weighted by Gasteiger charge is 2.42. The van der Waals surface area contributed by atoms with Crippen LogP contribution in [0.5, 0.6) is 0 Å². The molecule has 0 aromatic rings. The van der Waals surface area contributed by atoms with E-state index in [0.717, 1.165) is 5.54 Å². The van der Waals surface area contributed by atoms with Gasteiger partial charge in [-0.2, -0.15) is 0 Å². The number of rotatable bonds is 9. The van der Waals surface area contributed by atoms with Gasteiger partial charge in [0.25, 0.3) is 0 Å². The molecule has 0 N–H and O–H groups in total. The van der Waals surface area contributed by atoms with Crippen LogP contribution in [-0.4, -0.2) is 22.3 Å². The summed E-state index contributed by atoms with van der Waals surface area (Å²) in [6.07, 6.45) is 3.76. The molecule has 0 radical (unpaired) electrons. The quantitative estimate of drug-likeness (QED) is 0.518. The average Bonchev–Trinajstić information content (AvgIpc) is 2.38. The predicted molar refractivity (Wildman–Crippen MR) is 89.7 cm³/mol. The highest BCUT2D eigenvalue weighted by Crippen LogP contribution is 2.38. The fourth-order valence-corrected chi connectivity index (χ4v) is 10.1. The number of hydrogen-bond acceptors (Lipinski definition) is 1. The van der Waals surface area contributed by atoms with E-state index in [4.69, 9.17) is 4.43 Å². The van der Waals surface area contributed by atoms with E-state index in [2.05, 4.69) is 54.6 Å². The first-order valence-corrected chi connectivity index (χ1v) is 13.3. The molecule has 0 heterocycles. The summed E-state index contributed by atoms with van der Waals surface area (Å²) in [7, 11) is -2.33. The zero-order valence-corrected chi connectivity index (χ0v) is 16.3. The molecule has 0 amide bonds. The van der Waals surface area contributed by atoms with Gasteiger partial charge < -0.3 is 4.43 Å². The van der Waals surface area contributed by atoms with Crippen LogP contribution in [0.4, 0.5) is 0 Å². The molecule has 0 aromatic carbocycles. The van der Waals surface area contributed by atoms with Crippen molar-refractivity contribution >= 4 is 17.1 Å². The Labute approximate surface area is 118 Å². The molecule has 0 aliphatic carbocycles. The molecule has 0 aromatic heterocycles. The standard InChI is InChI=1S/C15H36OSi2/c1-9-14(10-2)18(8,13-5)16-15(6,11-3)17(7)12-4/h14,17H,9-13H2,1-8H3/t15-,17?,18?/m0/s1. The molecule has 3 atom stereocenters. The summed E-state index contributed by atoms with van der Waals surface area (Å²) in [6.45, 7) is 19.0. The smallest absolute Gasteiger partial charge is 0.192 e. The maximum absolute atomic E-state index is 6.92. The molecule has 3 heteroatoms. The van der Waals surface area contributed by atoms with Crippen LogP contribution in [0, 0.1) is 0 Å². The van der Waals surface area contributed by atoms with Gasteiger partial charge in [0.1, 0.15) is 0 Å². The Morgan fingerprint density at radius 3 is 1.89 bits per heavy atom. The van der Waals surface area contributed by atoms with Crippen LogP contribution in [-0.2, 0) is 4.43 Å². The van der Waals surface area contributed by atoms with E-state index in [1.807, 2.05) is 0 Å². The summed E-state index contributed by atoms with van der Waals surface area (Å²) in [5.74, 6) is 0. The van der Waals surface area contributed by atoms with Crippen LogP contribution in [0.15, 0.2) is 0 Å². The van der Waals surface area contributed by atoms with E-state index in [-0.39, 0.29) is 5.22 Å². The van der Waals surface area contributed by atoms with Gasteiger partial charge in [-0.25, -0.2) is 0 Å². The van der Waals surface area contributed by atoms with Gasteiger partial charge in [0, 0.05) is 5.22 Å². The summed E-state index contributed by atoms with van der Waals surface area (Å²) in [6, 6.07) is 2.61. The van der Waals surface area contributed by atoms with Crippen molar-refractivity contribution in [1.82, 2.24) is 0 Å². The second-order valence-corrected chi connectivity index (χ2v) is 14.5. The molecule has 1 nitrogen and oxygen atoms in total. The lowest BCUT2D eigenvalue weighted by Crippen LogP contribution is -2.53. The van der Waals surface area contributed by atoms with Crippen LogP contribution >= 0.6 is 0 Å². The molecule has 0 saturated carbocycles. The summed E-state index contributed by atoms with van der Waals surface area (Å²) >= 11 is 0. The highest BCUT2D eigenvalue weighted by molar-refractivity contribution is 6.75. The molecule has 0 bridgehead atoms. The summed E-state index contributed by atoms with van der Waals surface area (Å²) < 4.78 is 6.92. The van der Waals surface area contributed by atoms with Crippen molar-refractivity contribution in [3.05, 3.63) is 0 Å². The first-order valence-electron chi connectivity index (χ1n) is 8.03. The van der Waals surface area contributed by atoms with Crippen molar-refractivity contribution in [2.75, 3.05) is 0 Å². The molecule has 0 aliphatic rings. The second kappa shape index (κ2) is 7.86. The molecule has 110 valence electrons. The third-order valence-corrected chi connectivity index (χ3v) is 14.3. The van der Waals surface area contributed by atoms with E-state index in [9.17, 15) is 0 Å². The lowest BCUT2D eigenvalue weighted by atomic mass is 10.3. The first kappa shape index (κ1) is 18.4. The minimum absolute atomic E-state index is 0.217. The van der Waals surface area contributed by atoms with Gasteiger partial charge >= 0.3 is 0 Å². The molecule has 0 spiro atoms.